The largest absolute Gasteiger partial charge is 0.378 e. The van der Waals surface area contributed by atoms with Crippen LogP contribution in [0.1, 0.15) is 0 Å². The third kappa shape index (κ3) is 2.64. The number of nitrogens with two attached hydrogens (primary N) is 1. The summed E-state index contributed by atoms with van der Waals surface area (Å²) in [6, 6.07) is -0.904. The first-order valence-corrected chi connectivity index (χ1v) is 7.28. The van der Waals surface area contributed by atoms with Gasteiger partial charge in [-0.1, -0.05) is 0 Å². The molecule has 0 aromatic heterocycles. The molecule has 9 heteroatoms. The van der Waals surface area contributed by atoms with Gasteiger partial charge in [0, 0.05) is 32.7 Å². The fourth-order valence-electron chi connectivity index (χ4n) is 2.11. The van der Waals surface area contributed by atoms with E-state index in [4.69, 9.17) is 10.5 Å². The molecule has 2 fully saturated rings. The number of nitrogens with one attached hydrogen (secondary N) is 1. The summed E-state index contributed by atoms with van der Waals surface area (Å²) in [6.07, 6.45) is 0. The maximum Gasteiger partial charge on any atom is 0.282 e. The molecule has 0 aromatic rings. The van der Waals surface area contributed by atoms with Gasteiger partial charge in [-0.2, -0.15) is 17.0 Å². The molecule has 2 rings (SSSR count). The minimum atomic E-state index is -3.63. The van der Waals surface area contributed by atoms with Crippen molar-refractivity contribution in [3.8, 4) is 0 Å². The van der Waals surface area contributed by atoms with Gasteiger partial charge in [-0.3, -0.25) is 4.79 Å². The van der Waals surface area contributed by atoms with Gasteiger partial charge in [0.05, 0.1) is 13.2 Å². The van der Waals surface area contributed by atoms with Gasteiger partial charge in [-0.15, -0.1) is 0 Å². The first kappa shape index (κ1) is 13.7. The van der Waals surface area contributed by atoms with E-state index in [0.717, 1.165) is 4.31 Å². The maximum absolute atomic E-state index is 12.4. The van der Waals surface area contributed by atoms with E-state index < -0.39 is 22.2 Å². The molecule has 2 aliphatic heterocycles. The molecule has 3 N–H and O–H groups in total. The van der Waals surface area contributed by atoms with Crippen molar-refractivity contribution in [1.82, 2.24) is 13.9 Å². The van der Waals surface area contributed by atoms with Crippen LogP contribution in [0.15, 0.2) is 0 Å². The summed E-state index contributed by atoms with van der Waals surface area (Å²) in [5.41, 5.74) is 5.23. The number of ether oxygens (including phenoxy) is 1. The van der Waals surface area contributed by atoms with E-state index in [1.54, 1.807) is 0 Å². The van der Waals surface area contributed by atoms with E-state index in [9.17, 15) is 13.2 Å². The normalized spacial score (nSPS) is 28.1. The van der Waals surface area contributed by atoms with Crippen molar-refractivity contribution in [2.45, 2.75) is 6.04 Å². The van der Waals surface area contributed by atoms with Crippen LogP contribution in [-0.4, -0.2) is 74.9 Å². The lowest BCUT2D eigenvalue weighted by atomic mass is 10.3. The van der Waals surface area contributed by atoms with Crippen LogP contribution in [-0.2, 0) is 19.7 Å². The van der Waals surface area contributed by atoms with Crippen molar-refractivity contribution in [2.24, 2.45) is 5.73 Å². The second kappa shape index (κ2) is 5.49. The molecule has 2 aliphatic rings. The number of morpholine rings is 1. The number of amides is 1. The standard InChI is InChI=1S/C9H18N4O4S/c10-9(14)8-7-17-6-5-13(8)18(15,16)12-3-1-11-2-4-12/h8,11H,1-7H2,(H2,10,14). The highest BCUT2D eigenvalue weighted by atomic mass is 32.2. The van der Waals surface area contributed by atoms with Crippen LogP contribution < -0.4 is 11.1 Å². The summed E-state index contributed by atoms with van der Waals surface area (Å²) in [7, 11) is -3.63. The zero-order chi connectivity index (χ0) is 13.2. The Kier molecular flexibility index (Phi) is 4.17. The molecular formula is C9H18N4O4S. The molecule has 2 saturated heterocycles. The Morgan fingerprint density at radius 3 is 2.56 bits per heavy atom. The maximum atomic E-state index is 12.4. The van der Waals surface area contributed by atoms with Crippen LogP contribution in [0.25, 0.3) is 0 Å². The van der Waals surface area contributed by atoms with E-state index in [1.165, 1.54) is 4.31 Å². The van der Waals surface area contributed by atoms with Gasteiger partial charge in [0.2, 0.25) is 5.91 Å². The van der Waals surface area contributed by atoms with Crippen molar-refractivity contribution >= 4 is 16.1 Å². The molecule has 104 valence electrons. The van der Waals surface area contributed by atoms with E-state index >= 15 is 0 Å². The van der Waals surface area contributed by atoms with Gasteiger partial charge >= 0.3 is 0 Å². The smallest absolute Gasteiger partial charge is 0.282 e. The van der Waals surface area contributed by atoms with Crippen LogP contribution in [0.5, 0.6) is 0 Å². The molecule has 0 bridgehead atoms. The quantitative estimate of drug-likeness (QED) is 0.585. The molecule has 18 heavy (non-hydrogen) atoms. The molecule has 0 aromatic carbocycles. The second-order valence-electron chi connectivity index (χ2n) is 4.26. The molecule has 0 spiro atoms. The summed E-state index contributed by atoms with van der Waals surface area (Å²) >= 11 is 0. The number of rotatable bonds is 3. The fraction of sp³-hybridized carbons (Fsp3) is 0.889. The van der Waals surface area contributed by atoms with Crippen LogP contribution >= 0.6 is 0 Å². The predicted molar refractivity (Wildman–Crippen MR) is 63.9 cm³/mol. The van der Waals surface area contributed by atoms with Crippen LogP contribution in [0.3, 0.4) is 0 Å². The minimum Gasteiger partial charge on any atom is -0.378 e. The Labute approximate surface area is 106 Å². The molecule has 1 unspecified atom stereocenters. The van der Waals surface area contributed by atoms with Gasteiger partial charge in [0.15, 0.2) is 0 Å². The van der Waals surface area contributed by atoms with Crippen molar-refractivity contribution in [3.63, 3.8) is 0 Å². The fourth-order valence-corrected chi connectivity index (χ4v) is 3.84. The highest BCUT2D eigenvalue weighted by Crippen LogP contribution is 2.16. The third-order valence-corrected chi connectivity index (χ3v) is 5.15. The zero-order valence-electron chi connectivity index (χ0n) is 10.0. The Balaban J connectivity index is 2.18. The summed E-state index contributed by atoms with van der Waals surface area (Å²) in [6.45, 7) is 2.53. The van der Waals surface area contributed by atoms with E-state index in [0.29, 0.717) is 26.2 Å². The van der Waals surface area contributed by atoms with Crippen LogP contribution in [0.2, 0.25) is 0 Å². The van der Waals surface area contributed by atoms with Crippen molar-refractivity contribution in [1.29, 1.82) is 0 Å². The number of carbonyl (C=O) groups excluding carboxylic acids is 1. The number of hydrogen-bond donors (Lipinski definition) is 2. The Morgan fingerprint density at radius 2 is 1.94 bits per heavy atom. The molecule has 0 radical (unpaired) electrons. The van der Waals surface area contributed by atoms with Crippen LogP contribution in [0.4, 0.5) is 0 Å². The van der Waals surface area contributed by atoms with E-state index in [2.05, 4.69) is 5.32 Å². The van der Waals surface area contributed by atoms with Crippen molar-refractivity contribution in [3.05, 3.63) is 0 Å². The van der Waals surface area contributed by atoms with Crippen molar-refractivity contribution in [2.75, 3.05) is 45.9 Å². The molecule has 8 nitrogen and oxygen atoms in total. The minimum absolute atomic E-state index is 0.0284. The lowest BCUT2D eigenvalue weighted by Gasteiger charge is -2.37. The van der Waals surface area contributed by atoms with E-state index in [1.807, 2.05) is 0 Å². The van der Waals surface area contributed by atoms with Gasteiger partial charge in [0.25, 0.3) is 10.2 Å². The number of primary amides is 1. The predicted octanol–water partition coefficient (Wildman–Crippen LogP) is -2.68. The van der Waals surface area contributed by atoms with Gasteiger partial charge in [-0.05, 0) is 0 Å². The number of hydrogen-bond acceptors (Lipinski definition) is 5. The lowest BCUT2D eigenvalue weighted by Crippen LogP contribution is -2.60. The summed E-state index contributed by atoms with van der Waals surface area (Å²) in [4.78, 5) is 11.3. The zero-order valence-corrected chi connectivity index (χ0v) is 10.9. The lowest BCUT2D eigenvalue weighted by molar-refractivity contribution is -0.126. The highest BCUT2D eigenvalue weighted by molar-refractivity contribution is 7.86. The van der Waals surface area contributed by atoms with E-state index in [-0.39, 0.29) is 19.8 Å². The molecular weight excluding hydrogens is 260 g/mol. The Hall–Kier alpha value is -0.740. The number of carbonyl (C=O) groups is 1. The van der Waals surface area contributed by atoms with Gasteiger partial charge in [0.1, 0.15) is 6.04 Å². The number of nitrogens with zero attached hydrogens (tertiary/aromatic N) is 2. The Bertz CT molecular complexity index is 407. The van der Waals surface area contributed by atoms with Gasteiger partial charge in [-0.25, -0.2) is 0 Å². The average molecular weight is 278 g/mol. The first-order chi connectivity index (χ1) is 8.53. The second-order valence-corrected chi connectivity index (χ2v) is 6.14. The summed E-state index contributed by atoms with van der Waals surface area (Å²) in [5, 5.41) is 3.08. The molecule has 1 atom stereocenters. The first-order valence-electron chi connectivity index (χ1n) is 5.88. The van der Waals surface area contributed by atoms with Crippen molar-refractivity contribution < 1.29 is 17.9 Å². The van der Waals surface area contributed by atoms with Crippen LogP contribution in [0, 0.1) is 0 Å². The molecule has 0 aliphatic carbocycles. The SMILES string of the molecule is NC(=O)C1COCCN1S(=O)(=O)N1CCNCC1. The number of piperazine rings is 1. The molecule has 2 heterocycles. The monoisotopic (exact) mass is 278 g/mol. The molecule has 0 saturated carbocycles. The Morgan fingerprint density at radius 1 is 1.28 bits per heavy atom. The highest BCUT2D eigenvalue weighted by Gasteiger charge is 2.39. The topological polar surface area (TPSA) is 105 Å². The summed E-state index contributed by atoms with van der Waals surface area (Å²) < 4.78 is 32.5. The third-order valence-electron chi connectivity index (χ3n) is 3.11. The van der Waals surface area contributed by atoms with Gasteiger partial charge < -0.3 is 15.8 Å². The molecule has 1 amide bonds. The average Bonchev–Trinajstić information content (AvgIpc) is 2.39. The summed E-state index contributed by atoms with van der Waals surface area (Å²) in [5.74, 6) is -0.673.